The predicted octanol–water partition coefficient (Wildman–Crippen LogP) is 3.29. The molecule has 1 N–H and O–H groups in total. The Kier molecular flexibility index (Phi) is 5.08. The van der Waals surface area contributed by atoms with E-state index in [0.29, 0.717) is 18.9 Å². The fourth-order valence-electron chi connectivity index (χ4n) is 2.71. The highest BCUT2D eigenvalue weighted by atomic mass is 16.5. The molecule has 0 bridgehead atoms. The van der Waals surface area contributed by atoms with E-state index in [1.54, 1.807) is 6.07 Å². The number of hydrogen-bond acceptors (Lipinski definition) is 5. The van der Waals surface area contributed by atoms with E-state index in [-0.39, 0.29) is 29.7 Å². The Morgan fingerprint density at radius 1 is 1.36 bits per heavy atom. The molecule has 25 heavy (non-hydrogen) atoms. The summed E-state index contributed by atoms with van der Waals surface area (Å²) in [5.74, 6) is 1.44. The number of hydrogen-bond donors (Lipinski definition) is 1. The molecule has 1 aromatic carbocycles. The Morgan fingerprint density at radius 3 is 2.96 bits per heavy atom. The summed E-state index contributed by atoms with van der Waals surface area (Å²) in [6.07, 6.45) is 0.876. The van der Waals surface area contributed by atoms with Crippen molar-refractivity contribution in [1.29, 1.82) is 0 Å². The van der Waals surface area contributed by atoms with Crippen molar-refractivity contribution in [3.63, 3.8) is 0 Å². The van der Waals surface area contributed by atoms with Gasteiger partial charge in [0.15, 0.2) is 11.5 Å². The van der Waals surface area contributed by atoms with Gasteiger partial charge >= 0.3 is 0 Å². The van der Waals surface area contributed by atoms with Gasteiger partial charge in [0, 0.05) is 18.5 Å². The standard InChI is InChI=1S/C19H24N2O4/c1-19(2,3)24-12-14-10-16(21-25-14)18(22)20-11-13-8-9-23-17-7-5-4-6-15(13)17/h4-7,10,13H,8-9,11-12H2,1-3H3,(H,20,22)/t13-/m1/s1. The first-order chi connectivity index (χ1) is 11.9. The van der Waals surface area contributed by atoms with Gasteiger partial charge in [-0.2, -0.15) is 0 Å². The van der Waals surface area contributed by atoms with E-state index in [2.05, 4.69) is 10.5 Å². The molecule has 6 heteroatoms. The van der Waals surface area contributed by atoms with Gasteiger partial charge in [0.05, 0.1) is 12.2 Å². The van der Waals surface area contributed by atoms with Crippen LogP contribution < -0.4 is 10.1 Å². The van der Waals surface area contributed by atoms with Crippen LogP contribution in [0.2, 0.25) is 0 Å². The third kappa shape index (κ3) is 4.60. The Bertz CT molecular complexity index is 733. The molecule has 1 atom stereocenters. The summed E-state index contributed by atoms with van der Waals surface area (Å²) >= 11 is 0. The highest BCUT2D eigenvalue weighted by Gasteiger charge is 2.22. The third-order valence-electron chi connectivity index (χ3n) is 4.03. The van der Waals surface area contributed by atoms with Crippen LogP contribution in [0.3, 0.4) is 0 Å². The number of fused-ring (bicyclic) bond motifs is 1. The zero-order chi connectivity index (χ0) is 17.9. The average Bonchev–Trinajstić information content (AvgIpc) is 3.06. The zero-order valence-electron chi connectivity index (χ0n) is 14.9. The van der Waals surface area contributed by atoms with E-state index in [9.17, 15) is 4.79 Å². The fourth-order valence-corrected chi connectivity index (χ4v) is 2.71. The lowest BCUT2D eigenvalue weighted by Gasteiger charge is -2.25. The Balaban J connectivity index is 1.56. The summed E-state index contributed by atoms with van der Waals surface area (Å²) in [7, 11) is 0. The van der Waals surface area contributed by atoms with Gasteiger partial charge in [-0.05, 0) is 38.8 Å². The Morgan fingerprint density at radius 2 is 2.16 bits per heavy atom. The topological polar surface area (TPSA) is 73.6 Å². The summed E-state index contributed by atoms with van der Waals surface area (Å²) < 4.78 is 16.4. The number of aromatic nitrogens is 1. The van der Waals surface area contributed by atoms with Gasteiger partial charge < -0.3 is 19.3 Å². The van der Waals surface area contributed by atoms with Crippen LogP contribution in [-0.4, -0.2) is 29.8 Å². The van der Waals surface area contributed by atoms with E-state index in [1.807, 2.05) is 45.0 Å². The van der Waals surface area contributed by atoms with Crippen molar-refractivity contribution >= 4 is 5.91 Å². The largest absolute Gasteiger partial charge is 0.493 e. The van der Waals surface area contributed by atoms with Gasteiger partial charge in [-0.15, -0.1) is 0 Å². The first-order valence-corrected chi connectivity index (χ1v) is 8.52. The van der Waals surface area contributed by atoms with Crippen molar-refractivity contribution in [2.75, 3.05) is 13.2 Å². The summed E-state index contributed by atoms with van der Waals surface area (Å²) in [6, 6.07) is 9.57. The number of nitrogens with one attached hydrogen (secondary N) is 1. The Hall–Kier alpha value is -2.34. The summed E-state index contributed by atoms with van der Waals surface area (Å²) in [4.78, 5) is 12.3. The first-order valence-electron chi connectivity index (χ1n) is 8.52. The molecule has 0 aliphatic carbocycles. The van der Waals surface area contributed by atoms with Gasteiger partial charge in [-0.1, -0.05) is 23.4 Å². The lowest BCUT2D eigenvalue weighted by Crippen LogP contribution is -2.30. The molecule has 1 aromatic heterocycles. The first kappa shape index (κ1) is 17.5. The van der Waals surface area contributed by atoms with E-state index in [0.717, 1.165) is 17.7 Å². The number of carbonyl (C=O) groups is 1. The lowest BCUT2D eigenvalue weighted by atomic mass is 9.93. The van der Waals surface area contributed by atoms with Crippen LogP contribution in [0, 0.1) is 0 Å². The smallest absolute Gasteiger partial charge is 0.273 e. The summed E-state index contributed by atoms with van der Waals surface area (Å²) in [6.45, 7) is 7.38. The second-order valence-corrected chi connectivity index (χ2v) is 7.16. The van der Waals surface area contributed by atoms with E-state index in [1.165, 1.54) is 0 Å². The number of para-hydroxylation sites is 1. The molecule has 134 valence electrons. The molecule has 2 aromatic rings. The lowest BCUT2D eigenvalue weighted by molar-refractivity contribution is -0.0241. The number of amides is 1. The van der Waals surface area contributed by atoms with E-state index < -0.39 is 0 Å². The van der Waals surface area contributed by atoms with Crippen LogP contribution >= 0.6 is 0 Å². The second kappa shape index (κ2) is 7.27. The van der Waals surface area contributed by atoms with Crippen LogP contribution in [-0.2, 0) is 11.3 Å². The zero-order valence-corrected chi connectivity index (χ0v) is 14.9. The monoisotopic (exact) mass is 344 g/mol. The van der Waals surface area contributed by atoms with Crippen molar-refractivity contribution in [2.24, 2.45) is 0 Å². The van der Waals surface area contributed by atoms with Crippen molar-refractivity contribution in [3.05, 3.63) is 47.3 Å². The summed E-state index contributed by atoms with van der Waals surface area (Å²) in [5, 5.41) is 6.77. The van der Waals surface area contributed by atoms with Gasteiger partial charge in [-0.25, -0.2) is 0 Å². The molecular weight excluding hydrogens is 320 g/mol. The minimum Gasteiger partial charge on any atom is -0.493 e. The number of carbonyl (C=O) groups excluding carboxylic acids is 1. The van der Waals surface area contributed by atoms with Crippen LogP contribution in [0.5, 0.6) is 5.75 Å². The molecule has 0 unspecified atom stereocenters. The maximum Gasteiger partial charge on any atom is 0.273 e. The van der Waals surface area contributed by atoms with E-state index >= 15 is 0 Å². The maximum atomic E-state index is 12.3. The van der Waals surface area contributed by atoms with Crippen molar-refractivity contribution in [2.45, 2.75) is 45.3 Å². The molecular formula is C19H24N2O4. The molecule has 1 aliphatic rings. The molecule has 0 saturated carbocycles. The SMILES string of the molecule is CC(C)(C)OCc1cc(C(=O)NC[C@H]2CCOc3ccccc32)no1. The van der Waals surface area contributed by atoms with Crippen LogP contribution in [0.25, 0.3) is 0 Å². The van der Waals surface area contributed by atoms with Gasteiger partial charge in [0.25, 0.3) is 5.91 Å². The Labute approximate surface area is 147 Å². The van der Waals surface area contributed by atoms with Gasteiger partial charge in [0.1, 0.15) is 12.4 Å². The minimum atomic E-state index is -0.272. The number of nitrogens with zero attached hydrogens (tertiary/aromatic N) is 1. The molecule has 1 aliphatic heterocycles. The quantitative estimate of drug-likeness (QED) is 0.901. The third-order valence-corrected chi connectivity index (χ3v) is 4.03. The molecule has 0 saturated heterocycles. The van der Waals surface area contributed by atoms with Crippen LogP contribution in [0.4, 0.5) is 0 Å². The minimum absolute atomic E-state index is 0.240. The molecule has 1 amide bonds. The maximum absolute atomic E-state index is 12.3. The second-order valence-electron chi connectivity index (χ2n) is 7.16. The van der Waals surface area contributed by atoms with Crippen molar-refractivity contribution < 1.29 is 18.8 Å². The fraction of sp³-hybridized carbons (Fsp3) is 0.474. The average molecular weight is 344 g/mol. The summed E-state index contributed by atoms with van der Waals surface area (Å²) in [5.41, 5.74) is 1.13. The van der Waals surface area contributed by atoms with Crippen LogP contribution in [0.1, 0.15) is 54.9 Å². The van der Waals surface area contributed by atoms with Gasteiger partial charge in [0.2, 0.25) is 0 Å². The van der Waals surface area contributed by atoms with Crippen molar-refractivity contribution in [1.82, 2.24) is 10.5 Å². The molecule has 0 fully saturated rings. The predicted molar refractivity (Wildman–Crippen MR) is 92.7 cm³/mol. The number of ether oxygens (including phenoxy) is 2. The number of benzene rings is 1. The molecule has 2 heterocycles. The highest BCUT2D eigenvalue weighted by Crippen LogP contribution is 2.32. The normalized spacial score (nSPS) is 16.8. The highest BCUT2D eigenvalue weighted by molar-refractivity contribution is 5.92. The van der Waals surface area contributed by atoms with Crippen LogP contribution in [0.15, 0.2) is 34.9 Å². The molecule has 0 radical (unpaired) electrons. The van der Waals surface area contributed by atoms with Gasteiger partial charge in [-0.3, -0.25) is 4.79 Å². The van der Waals surface area contributed by atoms with E-state index in [4.69, 9.17) is 14.0 Å². The molecule has 3 rings (SSSR count). The molecule has 0 spiro atoms. The molecule has 6 nitrogen and oxygen atoms in total. The van der Waals surface area contributed by atoms with Crippen molar-refractivity contribution in [3.8, 4) is 5.75 Å². The number of rotatable bonds is 5.